The van der Waals surface area contributed by atoms with E-state index in [0.29, 0.717) is 16.7 Å². The average Bonchev–Trinajstić information content (AvgIpc) is 2.98. The summed E-state index contributed by atoms with van der Waals surface area (Å²) in [7, 11) is -3.44. The molecule has 1 heterocycles. The number of halogens is 1. The molecule has 0 aliphatic rings. The highest BCUT2D eigenvalue weighted by atomic mass is 32.2. The minimum Gasteiger partial charge on any atom is -0.338 e. The molecule has 0 saturated carbocycles. The first-order chi connectivity index (χ1) is 11.4. The van der Waals surface area contributed by atoms with E-state index in [9.17, 15) is 12.8 Å². The van der Waals surface area contributed by atoms with E-state index in [4.69, 9.17) is 4.52 Å². The molecular formula is C17H15FN2O3S. The van der Waals surface area contributed by atoms with Gasteiger partial charge in [0, 0.05) is 5.56 Å². The zero-order valence-corrected chi connectivity index (χ0v) is 13.8. The highest BCUT2D eigenvalue weighted by Gasteiger charge is 2.19. The van der Waals surface area contributed by atoms with Crippen LogP contribution >= 0.6 is 0 Å². The van der Waals surface area contributed by atoms with E-state index in [1.54, 1.807) is 43.3 Å². The first-order valence-electron chi connectivity index (χ1n) is 7.26. The number of rotatable bonds is 5. The van der Waals surface area contributed by atoms with E-state index in [1.807, 2.05) is 6.07 Å². The summed E-state index contributed by atoms with van der Waals surface area (Å²) in [5.74, 6) is -0.690. The van der Waals surface area contributed by atoms with Gasteiger partial charge in [0.25, 0.3) is 0 Å². The molecule has 5 nitrogen and oxygen atoms in total. The fourth-order valence-electron chi connectivity index (χ4n) is 2.23. The lowest BCUT2D eigenvalue weighted by Crippen LogP contribution is -2.07. The first kappa shape index (κ1) is 16.3. The summed E-state index contributed by atoms with van der Waals surface area (Å²) in [5, 5.41) is 3.73. The Morgan fingerprint density at radius 2 is 1.83 bits per heavy atom. The number of hydrogen-bond donors (Lipinski definition) is 0. The summed E-state index contributed by atoms with van der Waals surface area (Å²) in [6.07, 6.45) is 0. The number of aromatic nitrogens is 2. The molecule has 0 aliphatic carbocycles. The minimum atomic E-state index is -3.44. The quantitative estimate of drug-likeness (QED) is 0.709. The molecule has 0 atom stereocenters. The van der Waals surface area contributed by atoms with Crippen molar-refractivity contribution >= 4 is 9.84 Å². The molecule has 0 saturated heterocycles. The summed E-state index contributed by atoms with van der Waals surface area (Å²) >= 11 is 0. The van der Waals surface area contributed by atoms with Gasteiger partial charge in [0.15, 0.2) is 9.84 Å². The van der Waals surface area contributed by atoms with Gasteiger partial charge in [-0.3, -0.25) is 0 Å². The molecule has 2 aromatic carbocycles. The highest BCUT2D eigenvalue weighted by molar-refractivity contribution is 7.89. The molecule has 7 heteroatoms. The lowest BCUT2D eigenvalue weighted by Gasteiger charge is -2.01. The highest BCUT2D eigenvalue weighted by Crippen LogP contribution is 2.20. The van der Waals surface area contributed by atoms with Gasteiger partial charge in [-0.15, -0.1) is 0 Å². The van der Waals surface area contributed by atoms with Crippen molar-refractivity contribution < 1.29 is 17.3 Å². The van der Waals surface area contributed by atoms with Gasteiger partial charge in [-0.25, -0.2) is 12.8 Å². The maximum Gasteiger partial charge on any atom is 0.242 e. The van der Waals surface area contributed by atoms with Gasteiger partial charge in [-0.05, 0) is 24.1 Å². The third-order valence-corrected chi connectivity index (χ3v) is 4.93. The van der Waals surface area contributed by atoms with E-state index in [1.165, 1.54) is 6.07 Å². The summed E-state index contributed by atoms with van der Waals surface area (Å²) in [6.45, 7) is 1.65. The van der Waals surface area contributed by atoms with Gasteiger partial charge >= 0.3 is 0 Å². The monoisotopic (exact) mass is 346 g/mol. The Kier molecular flexibility index (Phi) is 4.44. The zero-order valence-electron chi connectivity index (χ0n) is 12.9. The number of nitrogens with zero attached hydrogens (tertiary/aromatic N) is 2. The van der Waals surface area contributed by atoms with Crippen LogP contribution in [0.25, 0.3) is 11.4 Å². The largest absolute Gasteiger partial charge is 0.338 e. The SMILES string of the molecule is Cc1ccc(-c2noc(CS(=O)(=O)Cc3ccccc3)n2)cc1F. The van der Waals surface area contributed by atoms with E-state index < -0.39 is 9.84 Å². The fraction of sp³-hybridized carbons (Fsp3) is 0.176. The van der Waals surface area contributed by atoms with E-state index in [0.717, 1.165) is 0 Å². The Bertz CT molecular complexity index is 953. The van der Waals surface area contributed by atoms with Crippen LogP contribution in [0.5, 0.6) is 0 Å². The lowest BCUT2D eigenvalue weighted by molar-refractivity contribution is 0.389. The summed E-state index contributed by atoms with van der Waals surface area (Å²) in [5.41, 5.74) is 1.64. The van der Waals surface area contributed by atoms with Crippen LogP contribution in [0, 0.1) is 12.7 Å². The van der Waals surface area contributed by atoms with Gasteiger partial charge in [-0.1, -0.05) is 47.6 Å². The second-order valence-corrected chi connectivity index (χ2v) is 7.56. The minimum absolute atomic E-state index is 0.0121. The summed E-state index contributed by atoms with van der Waals surface area (Å²) in [4.78, 5) is 4.05. The van der Waals surface area contributed by atoms with Crippen molar-refractivity contribution in [2.45, 2.75) is 18.4 Å². The molecular weight excluding hydrogens is 331 g/mol. The maximum atomic E-state index is 13.6. The summed E-state index contributed by atoms with van der Waals surface area (Å²) < 4.78 is 43.1. The van der Waals surface area contributed by atoms with Crippen molar-refractivity contribution in [1.29, 1.82) is 0 Å². The van der Waals surface area contributed by atoms with Crippen LogP contribution in [0.1, 0.15) is 17.0 Å². The predicted molar refractivity (Wildman–Crippen MR) is 87.2 cm³/mol. The van der Waals surface area contributed by atoms with E-state index in [2.05, 4.69) is 10.1 Å². The molecule has 0 spiro atoms. The summed E-state index contributed by atoms with van der Waals surface area (Å²) in [6, 6.07) is 13.4. The molecule has 24 heavy (non-hydrogen) atoms. The van der Waals surface area contributed by atoms with Crippen molar-refractivity contribution in [2.75, 3.05) is 0 Å². The molecule has 0 amide bonds. The third-order valence-electron chi connectivity index (χ3n) is 3.47. The molecule has 1 aromatic heterocycles. The Morgan fingerprint density at radius 3 is 2.54 bits per heavy atom. The maximum absolute atomic E-state index is 13.6. The van der Waals surface area contributed by atoms with E-state index >= 15 is 0 Å². The molecule has 3 aromatic rings. The van der Waals surface area contributed by atoms with Crippen LogP contribution in [0.2, 0.25) is 0 Å². The number of aryl methyl sites for hydroxylation is 1. The fourth-order valence-corrected chi connectivity index (χ4v) is 3.53. The van der Waals surface area contributed by atoms with Crippen molar-refractivity contribution in [3.05, 3.63) is 71.4 Å². The lowest BCUT2D eigenvalue weighted by atomic mass is 10.1. The molecule has 0 bridgehead atoms. The molecule has 0 unspecified atom stereocenters. The molecule has 0 radical (unpaired) electrons. The molecule has 0 aliphatic heterocycles. The Balaban J connectivity index is 1.77. The Hall–Kier alpha value is -2.54. The first-order valence-corrected chi connectivity index (χ1v) is 9.08. The number of benzene rings is 2. The normalized spacial score (nSPS) is 11.6. The smallest absolute Gasteiger partial charge is 0.242 e. The Labute approximate surface area is 139 Å². The third kappa shape index (κ3) is 3.86. The van der Waals surface area contributed by atoms with Gasteiger partial charge in [0.1, 0.15) is 11.6 Å². The molecule has 0 fully saturated rings. The molecule has 124 valence electrons. The molecule has 3 rings (SSSR count). The van der Waals surface area contributed by atoms with Crippen LogP contribution < -0.4 is 0 Å². The standard InChI is InChI=1S/C17H15FN2O3S/c1-12-7-8-14(9-15(12)18)17-19-16(23-20-17)11-24(21,22)10-13-5-3-2-4-6-13/h2-9H,10-11H2,1H3. The second-order valence-electron chi connectivity index (χ2n) is 5.49. The average molecular weight is 346 g/mol. The van der Waals surface area contributed by atoms with Gasteiger partial charge in [-0.2, -0.15) is 4.98 Å². The topological polar surface area (TPSA) is 73.1 Å². The van der Waals surface area contributed by atoms with Crippen molar-refractivity contribution in [2.24, 2.45) is 0 Å². The predicted octanol–water partition coefficient (Wildman–Crippen LogP) is 3.30. The Morgan fingerprint density at radius 1 is 1.08 bits per heavy atom. The number of sulfone groups is 1. The van der Waals surface area contributed by atoms with Crippen LogP contribution in [0.15, 0.2) is 53.1 Å². The van der Waals surface area contributed by atoms with Gasteiger partial charge < -0.3 is 4.52 Å². The van der Waals surface area contributed by atoms with Gasteiger partial charge in [0.2, 0.25) is 11.7 Å². The van der Waals surface area contributed by atoms with Crippen molar-refractivity contribution in [3.8, 4) is 11.4 Å². The van der Waals surface area contributed by atoms with Crippen LogP contribution in [-0.4, -0.2) is 18.6 Å². The molecule has 0 N–H and O–H groups in total. The van der Waals surface area contributed by atoms with Gasteiger partial charge in [0.05, 0.1) is 5.75 Å². The van der Waals surface area contributed by atoms with Crippen LogP contribution in [0.4, 0.5) is 4.39 Å². The zero-order chi connectivity index (χ0) is 17.2. The second kappa shape index (κ2) is 6.52. The van der Waals surface area contributed by atoms with Crippen molar-refractivity contribution in [3.63, 3.8) is 0 Å². The number of hydrogen-bond acceptors (Lipinski definition) is 5. The van der Waals surface area contributed by atoms with Crippen LogP contribution in [-0.2, 0) is 21.3 Å². The van der Waals surface area contributed by atoms with Crippen molar-refractivity contribution in [1.82, 2.24) is 10.1 Å². The van der Waals surface area contributed by atoms with E-state index in [-0.39, 0.29) is 29.0 Å². The van der Waals surface area contributed by atoms with Crippen LogP contribution in [0.3, 0.4) is 0 Å².